The molecule has 1 saturated carbocycles. The zero-order valence-electron chi connectivity index (χ0n) is 17.2. The van der Waals surface area contributed by atoms with Gasteiger partial charge in [-0.15, -0.1) is 11.3 Å². The maximum Gasteiger partial charge on any atom is 0.186 e. The Bertz CT molecular complexity index is 1010. The Morgan fingerprint density at radius 3 is 2.50 bits per heavy atom. The van der Waals surface area contributed by atoms with Crippen LogP contribution in [0.2, 0.25) is 10.0 Å². The van der Waals surface area contributed by atoms with Crippen molar-refractivity contribution < 1.29 is 5.11 Å². The second-order valence-corrected chi connectivity index (χ2v) is 9.93. The van der Waals surface area contributed by atoms with E-state index in [9.17, 15) is 5.11 Å². The highest BCUT2D eigenvalue weighted by Crippen LogP contribution is 2.48. The number of aromatic nitrogens is 1. The van der Waals surface area contributed by atoms with E-state index in [0.29, 0.717) is 22.0 Å². The van der Waals surface area contributed by atoms with Gasteiger partial charge in [-0.1, -0.05) is 54.4 Å². The third-order valence-corrected chi connectivity index (χ3v) is 7.15. The zero-order chi connectivity index (χ0) is 21.3. The summed E-state index contributed by atoms with van der Waals surface area (Å²) in [5.41, 5.74) is 4.10. The summed E-state index contributed by atoms with van der Waals surface area (Å²) < 4.78 is 0. The van der Waals surface area contributed by atoms with E-state index in [4.69, 9.17) is 28.2 Å². The normalized spacial score (nSPS) is 14.7. The topological polar surface area (TPSA) is 36.4 Å². The van der Waals surface area contributed by atoms with Gasteiger partial charge in [0, 0.05) is 22.0 Å². The van der Waals surface area contributed by atoms with Crippen LogP contribution in [0.25, 0.3) is 11.3 Å². The number of benzene rings is 2. The van der Waals surface area contributed by atoms with Crippen molar-refractivity contribution in [1.29, 1.82) is 0 Å². The van der Waals surface area contributed by atoms with Crippen LogP contribution in [-0.4, -0.2) is 16.6 Å². The van der Waals surface area contributed by atoms with Crippen LogP contribution in [0.1, 0.15) is 48.2 Å². The molecule has 2 aromatic carbocycles. The van der Waals surface area contributed by atoms with Crippen LogP contribution in [0.5, 0.6) is 0 Å². The molecule has 3 aromatic rings. The standard InChI is InChI=1S/C24H26Cl2N2OS/c1-3-12-28(23(18-8-9-18)17-6-4-16(14-29)5-7-17)24-27-22(15(2)30-24)20-11-10-19(25)13-21(20)26/h4-7,10-11,13,18,23,29H,3,8-9,12,14H2,1-2H3. The molecule has 6 heteroatoms. The number of anilines is 1. The lowest BCUT2D eigenvalue weighted by molar-refractivity contribution is 0.282. The molecule has 1 unspecified atom stereocenters. The lowest BCUT2D eigenvalue weighted by Gasteiger charge is -2.32. The van der Waals surface area contributed by atoms with E-state index in [2.05, 4.69) is 30.9 Å². The second-order valence-electron chi connectivity index (χ2n) is 7.90. The molecule has 1 atom stereocenters. The van der Waals surface area contributed by atoms with E-state index in [0.717, 1.165) is 39.8 Å². The first-order valence-electron chi connectivity index (χ1n) is 10.4. The van der Waals surface area contributed by atoms with Crippen molar-refractivity contribution in [3.8, 4) is 11.3 Å². The van der Waals surface area contributed by atoms with E-state index in [1.165, 1.54) is 18.4 Å². The number of nitrogens with zero attached hydrogens (tertiary/aromatic N) is 2. The van der Waals surface area contributed by atoms with Gasteiger partial charge in [0.2, 0.25) is 0 Å². The van der Waals surface area contributed by atoms with E-state index in [1.807, 2.05) is 24.3 Å². The van der Waals surface area contributed by atoms with Gasteiger partial charge in [-0.25, -0.2) is 4.98 Å². The molecule has 0 radical (unpaired) electrons. The molecule has 1 heterocycles. The second kappa shape index (κ2) is 9.27. The molecule has 1 N–H and O–H groups in total. The molecule has 1 aromatic heterocycles. The molecule has 0 bridgehead atoms. The SMILES string of the molecule is CCCN(c1nc(-c2ccc(Cl)cc2Cl)c(C)s1)C(c1ccc(CO)cc1)C1CC1. The molecule has 0 spiro atoms. The number of aliphatic hydroxyl groups excluding tert-OH is 1. The summed E-state index contributed by atoms with van der Waals surface area (Å²) >= 11 is 14.3. The minimum absolute atomic E-state index is 0.0733. The lowest BCUT2D eigenvalue weighted by Crippen LogP contribution is -2.31. The van der Waals surface area contributed by atoms with E-state index in [1.54, 1.807) is 17.4 Å². The van der Waals surface area contributed by atoms with Crippen LogP contribution in [0, 0.1) is 12.8 Å². The van der Waals surface area contributed by atoms with Gasteiger partial charge in [-0.2, -0.15) is 0 Å². The van der Waals surface area contributed by atoms with Crippen LogP contribution >= 0.6 is 34.5 Å². The third-order valence-electron chi connectivity index (χ3n) is 5.59. The number of hydrogen-bond donors (Lipinski definition) is 1. The van der Waals surface area contributed by atoms with Crippen molar-refractivity contribution in [1.82, 2.24) is 4.98 Å². The number of halogens is 2. The summed E-state index contributed by atoms with van der Waals surface area (Å²) in [4.78, 5) is 8.68. The van der Waals surface area contributed by atoms with Crippen LogP contribution < -0.4 is 4.90 Å². The van der Waals surface area contributed by atoms with Gasteiger partial charge in [0.25, 0.3) is 0 Å². The van der Waals surface area contributed by atoms with Crippen LogP contribution in [0.15, 0.2) is 42.5 Å². The molecule has 1 aliphatic carbocycles. The first-order valence-corrected chi connectivity index (χ1v) is 12.0. The molecule has 0 amide bonds. The Hall–Kier alpha value is -1.59. The van der Waals surface area contributed by atoms with Gasteiger partial charge in [0.15, 0.2) is 5.13 Å². The number of thiazole rings is 1. The van der Waals surface area contributed by atoms with E-state index < -0.39 is 0 Å². The lowest BCUT2D eigenvalue weighted by atomic mass is 9.99. The van der Waals surface area contributed by atoms with Crippen molar-refractivity contribution in [2.75, 3.05) is 11.4 Å². The van der Waals surface area contributed by atoms with Crippen molar-refractivity contribution in [3.63, 3.8) is 0 Å². The summed E-state index contributed by atoms with van der Waals surface area (Å²) in [7, 11) is 0. The Balaban J connectivity index is 1.73. The number of aryl methyl sites for hydroxylation is 1. The molecule has 30 heavy (non-hydrogen) atoms. The number of rotatable bonds is 8. The molecule has 3 nitrogen and oxygen atoms in total. The highest BCUT2D eigenvalue weighted by Gasteiger charge is 2.37. The predicted octanol–water partition coefficient (Wildman–Crippen LogP) is 7.29. The fourth-order valence-electron chi connectivity index (χ4n) is 3.97. The van der Waals surface area contributed by atoms with Crippen molar-refractivity contribution in [3.05, 3.63) is 68.5 Å². The number of hydrogen-bond acceptors (Lipinski definition) is 4. The van der Waals surface area contributed by atoms with Gasteiger partial charge >= 0.3 is 0 Å². The maximum absolute atomic E-state index is 9.40. The van der Waals surface area contributed by atoms with Crippen molar-refractivity contribution in [2.24, 2.45) is 5.92 Å². The largest absolute Gasteiger partial charge is 0.392 e. The van der Waals surface area contributed by atoms with Gasteiger partial charge in [0.05, 0.1) is 23.4 Å². The zero-order valence-corrected chi connectivity index (χ0v) is 19.6. The summed E-state index contributed by atoms with van der Waals surface area (Å²) in [6.45, 7) is 5.34. The first kappa shape index (κ1) is 21.6. The highest BCUT2D eigenvalue weighted by molar-refractivity contribution is 7.16. The molecule has 0 saturated heterocycles. The molecular formula is C24H26Cl2N2OS. The minimum atomic E-state index is 0.0733. The molecule has 4 rings (SSSR count). The monoisotopic (exact) mass is 460 g/mol. The Labute approximate surface area is 192 Å². The first-order chi connectivity index (χ1) is 14.5. The fraction of sp³-hybridized carbons (Fsp3) is 0.375. The summed E-state index contributed by atoms with van der Waals surface area (Å²) in [6, 6.07) is 14.3. The van der Waals surface area contributed by atoms with Gasteiger partial charge in [-0.3, -0.25) is 0 Å². The average Bonchev–Trinajstić information content (AvgIpc) is 3.50. The van der Waals surface area contributed by atoms with Gasteiger partial charge in [-0.05, 0) is 61.4 Å². The van der Waals surface area contributed by atoms with Crippen LogP contribution in [-0.2, 0) is 6.61 Å². The molecule has 0 aliphatic heterocycles. The fourth-order valence-corrected chi connectivity index (χ4v) is 5.45. The summed E-state index contributed by atoms with van der Waals surface area (Å²) in [5, 5.41) is 11.7. The Morgan fingerprint density at radius 2 is 1.90 bits per heavy atom. The van der Waals surface area contributed by atoms with Gasteiger partial charge in [0.1, 0.15) is 0 Å². The average molecular weight is 461 g/mol. The van der Waals surface area contributed by atoms with Gasteiger partial charge < -0.3 is 10.0 Å². The summed E-state index contributed by atoms with van der Waals surface area (Å²) in [5.74, 6) is 0.642. The molecule has 158 valence electrons. The quantitative estimate of drug-likeness (QED) is 0.383. The smallest absolute Gasteiger partial charge is 0.186 e. The number of aliphatic hydroxyl groups is 1. The predicted molar refractivity (Wildman–Crippen MR) is 128 cm³/mol. The minimum Gasteiger partial charge on any atom is -0.392 e. The Kier molecular flexibility index (Phi) is 6.69. The molecule has 1 fully saturated rings. The maximum atomic E-state index is 9.40. The van der Waals surface area contributed by atoms with E-state index >= 15 is 0 Å². The van der Waals surface area contributed by atoms with Crippen molar-refractivity contribution >= 4 is 39.7 Å². The summed E-state index contributed by atoms with van der Waals surface area (Å²) in [6.07, 6.45) is 3.54. The van der Waals surface area contributed by atoms with E-state index in [-0.39, 0.29) is 6.61 Å². The van der Waals surface area contributed by atoms with Crippen LogP contribution in [0.3, 0.4) is 0 Å². The Morgan fingerprint density at radius 1 is 1.17 bits per heavy atom. The van der Waals surface area contributed by atoms with Crippen molar-refractivity contribution in [2.45, 2.75) is 45.8 Å². The molecular weight excluding hydrogens is 435 g/mol. The molecule has 1 aliphatic rings. The highest BCUT2D eigenvalue weighted by atomic mass is 35.5. The van der Waals surface area contributed by atoms with Crippen LogP contribution in [0.4, 0.5) is 5.13 Å². The third kappa shape index (κ3) is 4.52.